The van der Waals surface area contributed by atoms with Gasteiger partial charge in [-0.1, -0.05) is 6.07 Å². The summed E-state index contributed by atoms with van der Waals surface area (Å²) in [5, 5.41) is 5.16. The van der Waals surface area contributed by atoms with E-state index in [0.717, 1.165) is 42.8 Å². The number of piperazine rings is 1. The third kappa shape index (κ3) is 3.14. The molecule has 0 atom stereocenters. The minimum absolute atomic E-state index is 0.153. The van der Waals surface area contributed by atoms with Gasteiger partial charge in [0.2, 0.25) is 12.7 Å². The first kappa shape index (κ1) is 19.1. The molecule has 4 aromatic rings. The smallest absolute Gasteiger partial charge is 0.240 e. The van der Waals surface area contributed by atoms with Crippen molar-refractivity contribution < 1.29 is 13.9 Å². The maximum atomic E-state index is 14.7. The highest BCUT2D eigenvalue weighted by Gasteiger charge is 2.23. The molecular weight excluding hydrogens is 413 g/mol. The van der Waals surface area contributed by atoms with Crippen LogP contribution in [0, 0.1) is 5.82 Å². The fraction of sp³-hybridized carbons (Fsp3) is 0.318. The minimum Gasteiger partial charge on any atom is -0.454 e. The van der Waals surface area contributed by atoms with E-state index in [1.54, 1.807) is 10.6 Å². The molecule has 9 nitrogen and oxygen atoms in total. The fourth-order valence-electron chi connectivity index (χ4n) is 4.40. The van der Waals surface area contributed by atoms with Crippen LogP contribution in [0.15, 0.2) is 30.3 Å². The van der Waals surface area contributed by atoms with Crippen molar-refractivity contribution >= 4 is 28.2 Å². The van der Waals surface area contributed by atoms with Crippen molar-refractivity contribution in [2.45, 2.75) is 6.42 Å². The Labute approximate surface area is 183 Å². The number of nitrogens with zero attached hydrogens (tertiary/aromatic N) is 6. The summed E-state index contributed by atoms with van der Waals surface area (Å²) < 4.78 is 27.2. The number of hydrogen-bond donors (Lipinski definition) is 1. The van der Waals surface area contributed by atoms with Crippen LogP contribution in [0.1, 0.15) is 11.4 Å². The van der Waals surface area contributed by atoms with Crippen molar-refractivity contribution in [3.8, 4) is 11.5 Å². The number of rotatable bonds is 3. The topological polar surface area (TPSA) is 94.0 Å². The third-order valence-corrected chi connectivity index (χ3v) is 6.05. The summed E-state index contributed by atoms with van der Waals surface area (Å²) in [4.78, 5) is 13.7. The van der Waals surface area contributed by atoms with Crippen molar-refractivity contribution in [3.63, 3.8) is 0 Å². The van der Waals surface area contributed by atoms with Gasteiger partial charge >= 0.3 is 0 Å². The summed E-state index contributed by atoms with van der Waals surface area (Å²) in [6.45, 7) is 3.61. The van der Waals surface area contributed by atoms with Crippen molar-refractivity contribution in [3.05, 3.63) is 47.5 Å². The second-order valence-electron chi connectivity index (χ2n) is 8.21. The standard InChI is InChI=1S/C22H22FN7O2/c1-28-4-6-29(7-5-28)16-11-14(23)10-15-20(16)21-26-22(24)27-30(21)19(25-15)9-13-2-3-17-18(8-13)32-12-31-17/h2-3,8,10-11H,4-7,9,12H2,1H3,(H2,24,27). The summed E-state index contributed by atoms with van der Waals surface area (Å²) >= 11 is 0. The first-order chi connectivity index (χ1) is 15.5. The molecule has 2 aromatic carbocycles. The molecule has 32 heavy (non-hydrogen) atoms. The number of halogens is 1. The van der Waals surface area contributed by atoms with Gasteiger partial charge in [-0.05, 0) is 30.8 Å². The number of benzene rings is 2. The highest BCUT2D eigenvalue weighted by atomic mass is 19.1. The largest absolute Gasteiger partial charge is 0.454 e. The van der Waals surface area contributed by atoms with E-state index >= 15 is 0 Å². The van der Waals surface area contributed by atoms with Crippen LogP contribution in [0.25, 0.3) is 16.6 Å². The van der Waals surface area contributed by atoms with E-state index in [0.29, 0.717) is 34.9 Å². The summed E-state index contributed by atoms with van der Waals surface area (Å²) in [7, 11) is 2.09. The van der Waals surface area contributed by atoms with E-state index in [2.05, 4.69) is 26.9 Å². The van der Waals surface area contributed by atoms with E-state index in [1.807, 2.05) is 18.2 Å². The van der Waals surface area contributed by atoms with E-state index in [9.17, 15) is 4.39 Å². The van der Waals surface area contributed by atoms with Gasteiger partial charge in [-0.15, -0.1) is 5.10 Å². The Morgan fingerprint density at radius 3 is 2.69 bits per heavy atom. The third-order valence-electron chi connectivity index (χ3n) is 6.05. The van der Waals surface area contributed by atoms with Crippen LogP contribution in [0.4, 0.5) is 16.0 Å². The fourth-order valence-corrected chi connectivity index (χ4v) is 4.40. The molecule has 0 amide bonds. The Morgan fingerprint density at radius 1 is 1.03 bits per heavy atom. The summed E-state index contributed by atoms with van der Waals surface area (Å²) in [5.74, 6) is 1.85. The molecule has 0 bridgehead atoms. The quantitative estimate of drug-likeness (QED) is 0.523. The maximum absolute atomic E-state index is 14.7. The Balaban J connectivity index is 1.50. The van der Waals surface area contributed by atoms with Crippen molar-refractivity contribution in [2.24, 2.45) is 0 Å². The predicted molar refractivity (Wildman–Crippen MR) is 118 cm³/mol. The zero-order valence-corrected chi connectivity index (χ0v) is 17.6. The number of fused-ring (bicyclic) bond motifs is 4. The molecule has 0 radical (unpaired) electrons. The lowest BCUT2D eigenvalue weighted by Gasteiger charge is -2.34. The SMILES string of the molecule is CN1CCN(c2cc(F)cc3nc(Cc4ccc5c(c4)OCO5)n4nc(N)nc4c23)CC1. The number of anilines is 2. The second kappa shape index (κ2) is 7.20. The molecular formula is C22H22FN7O2. The van der Waals surface area contributed by atoms with Crippen molar-refractivity contribution in [2.75, 3.05) is 50.7 Å². The predicted octanol–water partition coefficient (Wildman–Crippen LogP) is 2.07. The molecule has 2 aromatic heterocycles. The van der Waals surface area contributed by atoms with Crippen LogP contribution < -0.4 is 20.1 Å². The van der Waals surface area contributed by atoms with Crippen LogP contribution in [0.5, 0.6) is 11.5 Å². The molecule has 6 rings (SSSR count). The van der Waals surface area contributed by atoms with Crippen LogP contribution in [0.3, 0.4) is 0 Å². The first-order valence-electron chi connectivity index (χ1n) is 10.5. The average molecular weight is 435 g/mol. The molecule has 0 spiro atoms. The lowest BCUT2D eigenvalue weighted by atomic mass is 10.1. The van der Waals surface area contributed by atoms with E-state index in [1.165, 1.54) is 6.07 Å². The number of hydrogen-bond acceptors (Lipinski definition) is 8. The van der Waals surface area contributed by atoms with Crippen molar-refractivity contribution in [1.82, 2.24) is 24.5 Å². The van der Waals surface area contributed by atoms with Gasteiger partial charge in [-0.2, -0.15) is 9.50 Å². The average Bonchev–Trinajstić information content (AvgIpc) is 3.39. The molecule has 0 unspecified atom stereocenters. The number of nitrogen functional groups attached to an aromatic ring is 1. The van der Waals surface area contributed by atoms with Crippen LogP contribution >= 0.6 is 0 Å². The normalized spacial score (nSPS) is 16.4. The van der Waals surface area contributed by atoms with Crippen molar-refractivity contribution in [1.29, 1.82) is 0 Å². The Morgan fingerprint density at radius 2 is 1.84 bits per heavy atom. The minimum atomic E-state index is -0.329. The monoisotopic (exact) mass is 435 g/mol. The number of aromatic nitrogens is 4. The number of nitrogens with two attached hydrogens (primary N) is 1. The number of ether oxygens (including phenoxy) is 2. The van der Waals surface area contributed by atoms with Gasteiger partial charge in [0.1, 0.15) is 11.6 Å². The summed E-state index contributed by atoms with van der Waals surface area (Å²) in [5.41, 5.74) is 8.85. The summed E-state index contributed by atoms with van der Waals surface area (Å²) in [6, 6.07) is 8.74. The molecule has 164 valence electrons. The number of likely N-dealkylation sites (N-methyl/N-ethyl adjacent to an activating group) is 1. The molecule has 2 aliphatic heterocycles. The van der Waals surface area contributed by atoms with Crippen LogP contribution in [0.2, 0.25) is 0 Å². The molecule has 10 heteroatoms. The van der Waals surface area contributed by atoms with Gasteiger partial charge in [0, 0.05) is 38.7 Å². The Bertz CT molecular complexity index is 1350. The maximum Gasteiger partial charge on any atom is 0.240 e. The van der Waals surface area contributed by atoms with Gasteiger partial charge in [0.25, 0.3) is 0 Å². The second-order valence-corrected chi connectivity index (χ2v) is 8.21. The summed E-state index contributed by atoms with van der Waals surface area (Å²) in [6.07, 6.45) is 0.451. The molecule has 4 heterocycles. The lowest BCUT2D eigenvalue weighted by Crippen LogP contribution is -2.44. The van der Waals surface area contributed by atoms with E-state index < -0.39 is 0 Å². The van der Waals surface area contributed by atoms with Gasteiger partial charge in [0.05, 0.1) is 16.6 Å². The van der Waals surface area contributed by atoms with Gasteiger partial charge in [0.15, 0.2) is 17.1 Å². The molecule has 0 aliphatic carbocycles. The van der Waals surface area contributed by atoms with E-state index in [4.69, 9.17) is 20.2 Å². The van der Waals surface area contributed by atoms with Gasteiger partial charge < -0.3 is 25.0 Å². The highest BCUT2D eigenvalue weighted by Crippen LogP contribution is 2.35. The molecule has 1 fully saturated rings. The molecule has 0 saturated carbocycles. The zero-order chi connectivity index (χ0) is 21.8. The zero-order valence-electron chi connectivity index (χ0n) is 17.6. The lowest BCUT2D eigenvalue weighted by molar-refractivity contribution is 0.174. The Kier molecular flexibility index (Phi) is 4.29. The van der Waals surface area contributed by atoms with Crippen LogP contribution in [-0.2, 0) is 6.42 Å². The van der Waals surface area contributed by atoms with Crippen LogP contribution in [-0.4, -0.2) is 64.5 Å². The molecule has 1 saturated heterocycles. The van der Waals surface area contributed by atoms with E-state index in [-0.39, 0.29) is 18.6 Å². The molecule has 2 aliphatic rings. The Hall–Kier alpha value is -3.66. The molecule has 2 N–H and O–H groups in total. The van der Waals surface area contributed by atoms with Gasteiger partial charge in [-0.3, -0.25) is 0 Å². The first-order valence-corrected chi connectivity index (χ1v) is 10.5. The highest BCUT2D eigenvalue weighted by molar-refractivity contribution is 6.02. The van der Waals surface area contributed by atoms with Gasteiger partial charge in [-0.25, -0.2) is 9.37 Å².